The van der Waals surface area contributed by atoms with Gasteiger partial charge in [0.05, 0.1) is 18.1 Å². The summed E-state index contributed by atoms with van der Waals surface area (Å²) in [5, 5.41) is 20.4. The minimum atomic E-state index is -0.456. The molecule has 0 spiro atoms. The zero-order valence-electron chi connectivity index (χ0n) is 7.51. The van der Waals surface area contributed by atoms with Crippen molar-refractivity contribution in [2.75, 3.05) is 13.2 Å². The van der Waals surface area contributed by atoms with Crippen LogP contribution in [0.25, 0.3) is 0 Å². The summed E-state index contributed by atoms with van der Waals surface area (Å²) in [5.74, 6) is 0. The van der Waals surface area contributed by atoms with Gasteiger partial charge in [-0.25, -0.2) is 5.11 Å². The molecule has 0 heterocycles. The molecule has 0 bridgehead atoms. The van der Waals surface area contributed by atoms with Gasteiger partial charge >= 0.3 is 0 Å². The molecule has 0 saturated carbocycles. The quantitative estimate of drug-likeness (QED) is 0.407. The second-order valence-corrected chi connectivity index (χ2v) is 2.68. The molecule has 1 radical (unpaired) electrons. The van der Waals surface area contributed by atoms with E-state index in [9.17, 15) is 15.2 Å². The Hall–Kier alpha value is -1.46. The van der Waals surface area contributed by atoms with Crippen molar-refractivity contribution >= 4 is 5.69 Å². The Morgan fingerprint density at radius 1 is 1.29 bits per heavy atom. The van der Waals surface area contributed by atoms with E-state index < -0.39 is 4.92 Å². The number of ether oxygens (including phenoxy) is 1. The second-order valence-electron chi connectivity index (χ2n) is 2.68. The van der Waals surface area contributed by atoms with Crippen molar-refractivity contribution in [3.8, 4) is 0 Å². The van der Waals surface area contributed by atoms with Crippen LogP contribution in [0, 0.1) is 10.1 Å². The van der Waals surface area contributed by atoms with Crippen LogP contribution in [0.5, 0.6) is 0 Å². The van der Waals surface area contributed by atoms with Crippen LogP contribution >= 0.6 is 0 Å². The Bertz CT molecular complexity index is 296. The number of non-ortho nitro benzene ring substituents is 1. The number of benzene rings is 1. The van der Waals surface area contributed by atoms with Crippen LogP contribution in [0.1, 0.15) is 5.56 Å². The van der Waals surface area contributed by atoms with Gasteiger partial charge in [-0.2, -0.15) is 0 Å². The summed E-state index contributed by atoms with van der Waals surface area (Å²) in [4.78, 5) is 9.85. The topological polar surface area (TPSA) is 72.3 Å². The first-order chi connectivity index (χ1) is 6.74. The lowest BCUT2D eigenvalue weighted by Crippen LogP contribution is -1.98. The molecule has 1 aromatic carbocycles. The van der Waals surface area contributed by atoms with Gasteiger partial charge in [0.15, 0.2) is 0 Å². The smallest absolute Gasteiger partial charge is 0.269 e. The van der Waals surface area contributed by atoms with Gasteiger partial charge in [-0.05, 0) is 17.7 Å². The van der Waals surface area contributed by atoms with Crippen molar-refractivity contribution < 1.29 is 14.8 Å². The van der Waals surface area contributed by atoms with Crippen LogP contribution in [0.15, 0.2) is 24.3 Å². The average molecular weight is 196 g/mol. The summed E-state index contributed by atoms with van der Waals surface area (Å²) in [6.45, 7) is 0.213. The van der Waals surface area contributed by atoms with Gasteiger partial charge in [-0.3, -0.25) is 10.1 Å². The fourth-order valence-electron chi connectivity index (χ4n) is 0.963. The number of hydrogen-bond acceptors (Lipinski definition) is 3. The number of nitro benzene ring substituents is 1. The van der Waals surface area contributed by atoms with Crippen molar-refractivity contribution in [1.29, 1.82) is 0 Å². The van der Waals surface area contributed by atoms with Gasteiger partial charge in [-0.1, -0.05) is 0 Å². The van der Waals surface area contributed by atoms with Crippen molar-refractivity contribution in [1.82, 2.24) is 0 Å². The Morgan fingerprint density at radius 3 is 2.43 bits per heavy atom. The van der Waals surface area contributed by atoms with Crippen LogP contribution in [0.4, 0.5) is 5.69 Å². The molecule has 0 fully saturated rings. The molecule has 0 unspecified atom stereocenters. The molecule has 1 rings (SSSR count). The summed E-state index contributed by atoms with van der Waals surface area (Å²) in [6.07, 6.45) is 0. The molecule has 75 valence electrons. The maximum atomic E-state index is 10.3. The highest BCUT2D eigenvalue weighted by atomic mass is 16.6. The maximum absolute atomic E-state index is 10.3. The molecule has 0 saturated heterocycles. The minimum Gasteiger partial charge on any atom is -0.374 e. The van der Waals surface area contributed by atoms with Crippen molar-refractivity contribution in [3.05, 3.63) is 39.9 Å². The monoisotopic (exact) mass is 196 g/mol. The number of nitrogens with zero attached hydrogens (tertiary/aromatic N) is 1. The lowest BCUT2D eigenvalue weighted by Gasteiger charge is -2.00. The van der Waals surface area contributed by atoms with E-state index in [0.29, 0.717) is 6.61 Å². The summed E-state index contributed by atoms with van der Waals surface area (Å²) >= 11 is 0. The van der Waals surface area contributed by atoms with E-state index in [2.05, 4.69) is 0 Å². The highest BCUT2D eigenvalue weighted by molar-refractivity contribution is 5.32. The molecule has 0 aliphatic carbocycles. The SMILES string of the molecule is [O]CCOCc1ccc([N+](=O)[O-])cc1. The van der Waals surface area contributed by atoms with Gasteiger partial charge in [0.2, 0.25) is 0 Å². The molecule has 0 N–H and O–H groups in total. The molecule has 0 aliphatic rings. The number of hydrogen-bond donors (Lipinski definition) is 0. The van der Waals surface area contributed by atoms with E-state index >= 15 is 0 Å². The molecule has 5 heteroatoms. The van der Waals surface area contributed by atoms with E-state index in [-0.39, 0.29) is 18.9 Å². The first-order valence-electron chi connectivity index (χ1n) is 4.13. The molecule has 14 heavy (non-hydrogen) atoms. The van der Waals surface area contributed by atoms with Crippen LogP contribution in [0.3, 0.4) is 0 Å². The van der Waals surface area contributed by atoms with Gasteiger partial charge in [0, 0.05) is 12.1 Å². The Kier molecular flexibility index (Phi) is 4.03. The predicted molar refractivity (Wildman–Crippen MR) is 48.3 cm³/mol. The highest BCUT2D eigenvalue weighted by Gasteiger charge is 2.03. The summed E-state index contributed by atoms with van der Waals surface area (Å²) < 4.78 is 4.99. The molecule has 1 aromatic rings. The normalized spacial score (nSPS) is 10.1. The molecule has 0 aromatic heterocycles. The molecular weight excluding hydrogens is 186 g/mol. The fraction of sp³-hybridized carbons (Fsp3) is 0.333. The van der Waals surface area contributed by atoms with Crippen LogP contribution < -0.4 is 0 Å². The van der Waals surface area contributed by atoms with E-state index in [1.807, 2.05) is 0 Å². The third-order valence-electron chi connectivity index (χ3n) is 1.64. The average Bonchev–Trinajstić information content (AvgIpc) is 2.19. The highest BCUT2D eigenvalue weighted by Crippen LogP contribution is 2.12. The zero-order chi connectivity index (χ0) is 10.4. The van der Waals surface area contributed by atoms with E-state index in [1.54, 1.807) is 12.1 Å². The minimum absolute atomic E-state index is 0.0533. The summed E-state index contributed by atoms with van der Waals surface area (Å²) in [7, 11) is 0. The third kappa shape index (κ3) is 3.12. The molecule has 0 amide bonds. The van der Waals surface area contributed by atoms with Gasteiger partial charge in [0.25, 0.3) is 5.69 Å². The lowest BCUT2D eigenvalue weighted by molar-refractivity contribution is -0.384. The summed E-state index contributed by atoms with van der Waals surface area (Å²) in [6, 6.07) is 6.05. The molecular formula is C9H10NO4. The van der Waals surface area contributed by atoms with Crippen LogP contribution in [-0.2, 0) is 16.5 Å². The third-order valence-corrected chi connectivity index (χ3v) is 1.64. The predicted octanol–water partition coefficient (Wildman–Crippen LogP) is 1.54. The number of rotatable bonds is 5. The van der Waals surface area contributed by atoms with Gasteiger partial charge in [0.1, 0.15) is 6.61 Å². The van der Waals surface area contributed by atoms with E-state index in [0.717, 1.165) is 5.56 Å². The van der Waals surface area contributed by atoms with Gasteiger partial charge in [-0.15, -0.1) is 0 Å². The first kappa shape index (κ1) is 10.6. The molecule has 5 nitrogen and oxygen atoms in total. The first-order valence-corrected chi connectivity index (χ1v) is 4.13. The Morgan fingerprint density at radius 2 is 1.93 bits per heavy atom. The van der Waals surface area contributed by atoms with Crippen molar-refractivity contribution in [2.24, 2.45) is 0 Å². The summed E-state index contributed by atoms with van der Waals surface area (Å²) in [5.41, 5.74) is 0.877. The van der Waals surface area contributed by atoms with Crippen LogP contribution in [-0.4, -0.2) is 18.1 Å². The largest absolute Gasteiger partial charge is 0.374 e. The van der Waals surface area contributed by atoms with E-state index in [4.69, 9.17) is 4.74 Å². The van der Waals surface area contributed by atoms with Crippen molar-refractivity contribution in [2.45, 2.75) is 6.61 Å². The fourth-order valence-corrected chi connectivity index (χ4v) is 0.963. The maximum Gasteiger partial charge on any atom is 0.269 e. The van der Waals surface area contributed by atoms with Crippen molar-refractivity contribution in [3.63, 3.8) is 0 Å². The number of nitro groups is 1. The Balaban J connectivity index is 2.51. The van der Waals surface area contributed by atoms with Crippen LogP contribution in [0.2, 0.25) is 0 Å². The molecule has 0 aliphatic heterocycles. The van der Waals surface area contributed by atoms with E-state index in [1.165, 1.54) is 12.1 Å². The zero-order valence-corrected chi connectivity index (χ0v) is 7.51. The molecule has 0 atom stereocenters. The lowest BCUT2D eigenvalue weighted by atomic mass is 10.2. The standard InChI is InChI=1S/C9H10NO4/c11-5-6-14-7-8-1-3-9(4-2-8)10(12)13/h1-4H,5-7H2. The van der Waals surface area contributed by atoms with Gasteiger partial charge < -0.3 is 4.74 Å². The second kappa shape index (κ2) is 5.31. The Labute approximate surface area is 81.1 Å².